The lowest BCUT2D eigenvalue weighted by molar-refractivity contribution is 0.415. The zero-order chi connectivity index (χ0) is 10.7. The maximum absolute atomic E-state index is 6.37. The molecule has 0 aliphatic carbocycles. The highest BCUT2D eigenvalue weighted by Gasteiger charge is 2.31. The van der Waals surface area contributed by atoms with Gasteiger partial charge >= 0.3 is 0 Å². The van der Waals surface area contributed by atoms with E-state index in [4.69, 9.17) is 16.3 Å². The van der Waals surface area contributed by atoms with Crippen LogP contribution in [-0.2, 0) is 11.3 Å². The average molecular weight is 235 g/mol. The zero-order valence-electron chi connectivity index (χ0n) is 8.22. The molecule has 0 bridgehead atoms. The molecule has 1 fully saturated rings. The second kappa shape index (κ2) is 2.81. The van der Waals surface area contributed by atoms with Crippen LogP contribution in [0.5, 0.6) is 0 Å². The Morgan fingerprint density at radius 1 is 1.44 bits per heavy atom. The maximum Gasteiger partial charge on any atom is 0.182 e. The van der Waals surface area contributed by atoms with E-state index in [-0.39, 0.29) is 6.10 Å². The number of rotatable bonds is 1. The Bertz CT molecular complexity index is 591. The first-order valence-corrected chi connectivity index (χ1v) is 5.42. The first kappa shape index (κ1) is 8.66. The van der Waals surface area contributed by atoms with E-state index in [2.05, 4.69) is 15.5 Å². The van der Waals surface area contributed by atoms with Crippen molar-refractivity contribution >= 4 is 11.6 Å². The number of halogens is 1. The van der Waals surface area contributed by atoms with Crippen molar-refractivity contribution in [3.8, 4) is 11.4 Å². The Labute approximate surface area is 96.0 Å². The average Bonchev–Trinajstić information content (AvgIpc) is 2.89. The molecule has 0 amide bonds. The van der Waals surface area contributed by atoms with E-state index >= 15 is 0 Å². The van der Waals surface area contributed by atoms with Gasteiger partial charge in [0, 0.05) is 16.7 Å². The Hall–Kier alpha value is -1.46. The molecule has 2 aromatic rings. The summed E-state index contributed by atoms with van der Waals surface area (Å²) < 4.78 is 7.02. The standard InChI is InChI=1S/C10H7ClN4O/c11-9-6(8-4-16-8)2-1-5-7(9)3-15-10(5)12-13-14-15/h1-2,8H,3-4H2/t8-/m0/s1. The number of hydrogen-bond donors (Lipinski definition) is 0. The molecular weight excluding hydrogens is 228 g/mol. The molecule has 5 nitrogen and oxygen atoms in total. The second-order valence-corrected chi connectivity index (χ2v) is 4.35. The van der Waals surface area contributed by atoms with E-state index in [1.807, 2.05) is 12.1 Å². The van der Waals surface area contributed by atoms with Crippen molar-refractivity contribution in [1.82, 2.24) is 20.2 Å². The lowest BCUT2D eigenvalue weighted by atomic mass is 10.0. The molecule has 0 saturated carbocycles. The van der Waals surface area contributed by atoms with Gasteiger partial charge in [-0.05, 0) is 10.4 Å². The van der Waals surface area contributed by atoms with Gasteiger partial charge in [0.25, 0.3) is 0 Å². The number of benzene rings is 1. The van der Waals surface area contributed by atoms with Crippen LogP contribution in [0.25, 0.3) is 11.4 Å². The summed E-state index contributed by atoms with van der Waals surface area (Å²) in [5.74, 6) is 0.792. The molecule has 1 atom stereocenters. The summed E-state index contributed by atoms with van der Waals surface area (Å²) in [5, 5.41) is 12.3. The van der Waals surface area contributed by atoms with Gasteiger partial charge < -0.3 is 4.74 Å². The molecule has 0 radical (unpaired) electrons. The van der Waals surface area contributed by atoms with Gasteiger partial charge in [-0.1, -0.05) is 23.7 Å². The number of fused-ring (bicyclic) bond motifs is 3. The molecule has 0 N–H and O–H groups in total. The fourth-order valence-corrected chi connectivity index (χ4v) is 2.48. The van der Waals surface area contributed by atoms with Crippen LogP contribution in [-0.4, -0.2) is 26.8 Å². The first-order chi connectivity index (χ1) is 7.84. The highest BCUT2D eigenvalue weighted by atomic mass is 35.5. The van der Waals surface area contributed by atoms with Crippen molar-refractivity contribution in [2.45, 2.75) is 12.6 Å². The van der Waals surface area contributed by atoms with Gasteiger partial charge in [0.05, 0.1) is 18.2 Å². The van der Waals surface area contributed by atoms with E-state index in [0.29, 0.717) is 6.54 Å². The lowest BCUT2D eigenvalue weighted by Crippen LogP contribution is -1.97. The van der Waals surface area contributed by atoms with Crippen LogP contribution in [0.15, 0.2) is 12.1 Å². The monoisotopic (exact) mass is 234 g/mol. The molecule has 1 saturated heterocycles. The Morgan fingerprint density at radius 3 is 3.12 bits per heavy atom. The normalized spacial score (nSPS) is 20.7. The SMILES string of the molecule is Clc1c([C@@H]2CO2)ccc2c1Cn1nnnc1-2. The van der Waals surface area contributed by atoms with Gasteiger partial charge in [-0.25, -0.2) is 4.68 Å². The molecule has 3 heterocycles. The third-order valence-corrected chi connectivity index (χ3v) is 3.48. The van der Waals surface area contributed by atoms with E-state index < -0.39 is 0 Å². The zero-order valence-corrected chi connectivity index (χ0v) is 8.98. The van der Waals surface area contributed by atoms with E-state index in [1.54, 1.807) is 4.68 Å². The van der Waals surface area contributed by atoms with Crippen LogP contribution in [0.3, 0.4) is 0 Å². The third kappa shape index (κ3) is 1.02. The summed E-state index contributed by atoms with van der Waals surface area (Å²) in [6, 6.07) is 4.02. The molecule has 1 aromatic heterocycles. The van der Waals surface area contributed by atoms with Crippen molar-refractivity contribution in [1.29, 1.82) is 0 Å². The second-order valence-electron chi connectivity index (χ2n) is 3.98. The minimum absolute atomic E-state index is 0.178. The van der Waals surface area contributed by atoms with Crippen molar-refractivity contribution in [2.75, 3.05) is 6.61 Å². The van der Waals surface area contributed by atoms with Gasteiger partial charge in [0.1, 0.15) is 6.10 Å². The molecule has 2 aliphatic rings. The summed E-state index contributed by atoms with van der Waals surface area (Å²) in [7, 11) is 0. The third-order valence-electron chi connectivity index (χ3n) is 3.03. The molecule has 6 heteroatoms. The number of aromatic nitrogens is 4. The van der Waals surface area contributed by atoms with Crippen LogP contribution < -0.4 is 0 Å². The number of epoxide rings is 1. The summed E-state index contributed by atoms with van der Waals surface area (Å²) in [6.07, 6.45) is 0.178. The van der Waals surface area contributed by atoms with Crippen LogP contribution in [0.1, 0.15) is 17.2 Å². The summed E-state index contributed by atoms with van der Waals surface area (Å²) in [4.78, 5) is 0. The summed E-state index contributed by atoms with van der Waals surface area (Å²) in [5.41, 5.74) is 3.17. The van der Waals surface area contributed by atoms with Crippen LogP contribution in [0.2, 0.25) is 5.02 Å². The molecule has 1 aromatic carbocycles. The molecule has 80 valence electrons. The lowest BCUT2D eigenvalue weighted by Gasteiger charge is -2.05. The van der Waals surface area contributed by atoms with Crippen LogP contribution in [0.4, 0.5) is 0 Å². The molecule has 0 spiro atoms. The first-order valence-electron chi connectivity index (χ1n) is 5.04. The topological polar surface area (TPSA) is 56.1 Å². The minimum Gasteiger partial charge on any atom is -0.368 e. The van der Waals surface area contributed by atoms with E-state index in [1.165, 1.54) is 0 Å². The fraction of sp³-hybridized carbons (Fsp3) is 0.300. The fourth-order valence-electron chi connectivity index (χ4n) is 2.13. The Morgan fingerprint density at radius 2 is 2.31 bits per heavy atom. The molecule has 4 rings (SSSR count). The smallest absolute Gasteiger partial charge is 0.182 e. The van der Waals surface area contributed by atoms with Crippen molar-refractivity contribution in [2.24, 2.45) is 0 Å². The van der Waals surface area contributed by atoms with Gasteiger partial charge in [-0.2, -0.15) is 0 Å². The van der Waals surface area contributed by atoms with Gasteiger partial charge in [0.2, 0.25) is 0 Å². The van der Waals surface area contributed by atoms with Crippen LogP contribution in [0, 0.1) is 0 Å². The molecule has 0 unspecified atom stereocenters. The van der Waals surface area contributed by atoms with E-state index in [0.717, 1.165) is 34.1 Å². The quantitative estimate of drug-likeness (QED) is 0.598. The van der Waals surface area contributed by atoms with Gasteiger partial charge in [0.15, 0.2) is 5.82 Å². The highest BCUT2D eigenvalue weighted by molar-refractivity contribution is 6.32. The Balaban J connectivity index is 1.94. The predicted octanol–water partition coefficient (Wildman–Crippen LogP) is 1.43. The summed E-state index contributed by atoms with van der Waals surface area (Å²) in [6.45, 7) is 1.42. The molecule has 2 aliphatic heterocycles. The maximum atomic E-state index is 6.37. The van der Waals surface area contributed by atoms with Crippen molar-refractivity contribution in [3.63, 3.8) is 0 Å². The van der Waals surface area contributed by atoms with Crippen LogP contribution >= 0.6 is 11.6 Å². The van der Waals surface area contributed by atoms with E-state index in [9.17, 15) is 0 Å². The molecular formula is C10H7ClN4O. The number of nitrogens with zero attached hydrogens (tertiary/aromatic N) is 4. The predicted molar refractivity (Wildman–Crippen MR) is 56.1 cm³/mol. The van der Waals surface area contributed by atoms with Crippen molar-refractivity contribution < 1.29 is 4.74 Å². The van der Waals surface area contributed by atoms with Gasteiger partial charge in [-0.3, -0.25) is 0 Å². The van der Waals surface area contributed by atoms with Gasteiger partial charge in [-0.15, -0.1) is 5.10 Å². The Kier molecular flexibility index (Phi) is 1.52. The number of hydrogen-bond acceptors (Lipinski definition) is 4. The minimum atomic E-state index is 0.178. The number of tetrazole rings is 1. The summed E-state index contributed by atoms with van der Waals surface area (Å²) >= 11 is 6.37. The molecule has 16 heavy (non-hydrogen) atoms. The highest BCUT2D eigenvalue weighted by Crippen LogP contribution is 2.41. The van der Waals surface area contributed by atoms with Crippen molar-refractivity contribution in [3.05, 3.63) is 28.3 Å². The largest absolute Gasteiger partial charge is 0.368 e. The number of ether oxygens (including phenoxy) is 1.